The number of para-hydroxylation sites is 2. The van der Waals surface area contributed by atoms with E-state index in [9.17, 15) is 0 Å². The second kappa shape index (κ2) is 9.96. The van der Waals surface area contributed by atoms with Gasteiger partial charge in [-0.25, -0.2) is 4.98 Å². The molecule has 0 unspecified atom stereocenters. The molecule has 2 aromatic carbocycles. The monoisotopic (exact) mass is 408 g/mol. The zero-order chi connectivity index (χ0) is 20.8. The number of hydrogen-bond donors (Lipinski definition) is 0. The molecule has 1 aromatic heterocycles. The maximum atomic E-state index is 5.90. The minimum absolute atomic E-state index is 0.702. The van der Waals surface area contributed by atoms with Crippen LogP contribution in [0.2, 0.25) is 0 Å². The van der Waals surface area contributed by atoms with Gasteiger partial charge in [-0.1, -0.05) is 18.2 Å². The van der Waals surface area contributed by atoms with Crippen LogP contribution >= 0.6 is 0 Å². The van der Waals surface area contributed by atoms with Crippen molar-refractivity contribution in [1.82, 2.24) is 19.4 Å². The van der Waals surface area contributed by atoms with Gasteiger partial charge in [0.1, 0.15) is 17.3 Å². The van der Waals surface area contributed by atoms with E-state index in [1.54, 1.807) is 7.11 Å². The normalized spacial score (nSPS) is 15.5. The van der Waals surface area contributed by atoms with Gasteiger partial charge >= 0.3 is 0 Å². The predicted octanol–water partition coefficient (Wildman–Crippen LogP) is 3.65. The van der Waals surface area contributed by atoms with Gasteiger partial charge in [-0.05, 0) is 44.2 Å². The lowest BCUT2D eigenvalue weighted by atomic mass is 10.3. The van der Waals surface area contributed by atoms with Crippen LogP contribution < -0.4 is 9.47 Å². The number of ether oxygens (including phenoxy) is 2. The molecule has 160 valence electrons. The first-order valence-electron chi connectivity index (χ1n) is 10.8. The summed E-state index contributed by atoms with van der Waals surface area (Å²) < 4.78 is 13.6. The molecule has 0 N–H and O–H groups in total. The number of imidazole rings is 1. The van der Waals surface area contributed by atoms with Crippen molar-refractivity contribution in [2.75, 3.05) is 46.9 Å². The minimum atomic E-state index is 0.702. The number of piperazine rings is 1. The molecule has 1 aliphatic rings. The van der Waals surface area contributed by atoms with Gasteiger partial charge in [0.2, 0.25) is 0 Å². The second-order valence-corrected chi connectivity index (χ2v) is 7.98. The Bertz CT molecular complexity index is 947. The number of benzene rings is 2. The summed E-state index contributed by atoms with van der Waals surface area (Å²) >= 11 is 0. The van der Waals surface area contributed by atoms with Crippen molar-refractivity contribution in [2.45, 2.75) is 25.9 Å². The smallest absolute Gasteiger partial charge is 0.124 e. The maximum absolute atomic E-state index is 5.90. The number of hydrogen-bond acceptors (Lipinski definition) is 5. The van der Waals surface area contributed by atoms with Gasteiger partial charge in [0.15, 0.2) is 0 Å². The largest absolute Gasteiger partial charge is 0.497 e. The van der Waals surface area contributed by atoms with E-state index >= 15 is 0 Å². The third kappa shape index (κ3) is 5.12. The fraction of sp³-hybridized carbons (Fsp3) is 0.458. The Morgan fingerprint density at radius 1 is 0.933 bits per heavy atom. The molecular weight excluding hydrogens is 376 g/mol. The molecule has 1 aliphatic heterocycles. The van der Waals surface area contributed by atoms with E-state index < -0.39 is 0 Å². The second-order valence-electron chi connectivity index (χ2n) is 7.98. The number of likely N-dealkylation sites (N-methyl/N-ethyl adjacent to an activating group) is 1. The number of fused-ring (bicyclic) bond motifs is 1. The summed E-state index contributed by atoms with van der Waals surface area (Å²) in [5, 5.41) is 0. The Morgan fingerprint density at radius 2 is 1.73 bits per heavy atom. The first kappa shape index (κ1) is 20.7. The first-order chi connectivity index (χ1) is 14.7. The third-order valence-corrected chi connectivity index (χ3v) is 5.78. The number of aryl methyl sites for hydroxylation is 1. The molecule has 30 heavy (non-hydrogen) atoms. The third-order valence-electron chi connectivity index (χ3n) is 5.78. The highest BCUT2D eigenvalue weighted by atomic mass is 16.5. The van der Waals surface area contributed by atoms with E-state index in [0.29, 0.717) is 6.61 Å². The molecule has 0 atom stereocenters. The van der Waals surface area contributed by atoms with Crippen molar-refractivity contribution in [1.29, 1.82) is 0 Å². The lowest BCUT2D eigenvalue weighted by Gasteiger charge is -2.32. The lowest BCUT2D eigenvalue weighted by molar-refractivity contribution is 0.144. The van der Waals surface area contributed by atoms with E-state index in [4.69, 9.17) is 14.5 Å². The molecule has 1 saturated heterocycles. The first-order valence-corrected chi connectivity index (χ1v) is 10.8. The zero-order valence-electron chi connectivity index (χ0n) is 18.1. The predicted molar refractivity (Wildman–Crippen MR) is 120 cm³/mol. The molecule has 0 radical (unpaired) electrons. The highest BCUT2D eigenvalue weighted by Crippen LogP contribution is 2.20. The Kier molecular flexibility index (Phi) is 6.87. The molecule has 0 aliphatic carbocycles. The van der Waals surface area contributed by atoms with Gasteiger partial charge in [0.25, 0.3) is 0 Å². The van der Waals surface area contributed by atoms with Crippen LogP contribution in [-0.2, 0) is 13.1 Å². The summed E-state index contributed by atoms with van der Waals surface area (Å²) in [5.41, 5.74) is 2.32. The van der Waals surface area contributed by atoms with Crippen molar-refractivity contribution in [3.8, 4) is 11.5 Å². The molecule has 6 heteroatoms. The van der Waals surface area contributed by atoms with Gasteiger partial charge in [0, 0.05) is 38.8 Å². The molecule has 0 bridgehead atoms. The SMILES string of the molecule is COc1cccc(OCCCCn2c(CN3CCN(C)CC3)nc3ccccc32)c1. The highest BCUT2D eigenvalue weighted by Gasteiger charge is 2.18. The minimum Gasteiger partial charge on any atom is -0.497 e. The number of nitrogens with zero attached hydrogens (tertiary/aromatic N) is 4. The van der Waals surface area contributed by atoms with Crippen LogP contribution in [0.4, 0.5) is 0 Å². The van der Waals surface area contributed by atoms with Crippen LogP contribution in [0.1, 0.15) is 18.7 Å². The Morgan fingerprint density at radius 3 is 2.57 bits per heavy atom. The van der Waals surface area contributed by atoms with E-state index in [2.05, 4.69) is 45.7 Å². The molecule has 6 nitrogen and oxygen atoms in total. The Balaban J connectivity index is 1.35. The fourth-order valence-corrected chi connectivity index (χ4v) is 3.95. The van der Waals surface area contributed by atoms with Gasteiger partial charge in [-0.2, -0.15) is 0 Å². The molecule has 0 saturated carbocycles. The van der Waals surface area contributed by atoms with Crippen molar-refractivity contribution in [2.24, 2.45) is 0 Å². The fourth-order valence-electron chi connectivity index (χ4n) is 3.95. The average molecular weight is 409 g/mol. The van der Waals surface area contributed by atoms with E-state index in [1.807, 2.05) is 24.3 Å². The summed E-state index contributed by atoms with van der Waals surface area (Å²) in [6.45, 7) is 7.05. The van der Waals surface area contributed by atoms with Gasteiger partial charge in [0.05, 0.1) is 31.3 Å². The van der Waals surface area contributed by atoms with Crippen molar-refractivity contribution in [3.05, 3.63) is 54.4 Å². The number of methoxy groups -OCH3 is 1. The van der Waals surface area contributed by atoms with E-state index in [0.717, 1.165) is 69.1 Å². The van der Waals surface area contributed by atoms with Crippen LogP contribution in [0, 0.1) is 0 Å². The number of rotatable bonds is 9. The average Bonchev–Trinajstić information content (AvgIpc) is 3.12. The molecule has 1 fully saturated rings. The number of aromatic nitrogens is 2. The van der Waals surface area contributed by atoms with Crippen LogP contribution in [-0.4, -0.2) is 66.3 Å². The highest BCUT2D eigenvalue weighted by molar-refractivity contribution is 5.75. The van der Waals surface area contributed by atoms with Gasteiger partial charge in [-0.15, -0.1) is 0 Å². The van der Waals surface area contributed by atoms with Crippen LogP contribution in [0.25, 0.3) is 11.0 Å². The maximum Gasteiger partial charge on any atom is 0.124 e. The van der Waals surface area contributed by atoms with Crippen LogP contribution in [0.3, 0.4) is 0 Å². The number of unbranched alkanes of at least 4 members (excludes halogenated alkanes) is 1. The Hall–Kier alpha value is -2.57. The molecule has 3 aromatic rings. The van der Waals surface area contributed by atoms with E-state index in [-0.39, 0.29) is 0 Å². The van der Waals surface area contributed by atoms with Gasteiger partial charge in [-0.3, -0.25) is 4.90 Å². The molecular formula is C24H32N4O2. The summed E-state index contributed by atoms with van der Waals surface area (Å²) in [7, 11) is 3.87. The molecule has 4 rings (SSSR count). The summed E-state index contributed by atoms with van der Waals surface area (Å²) in [4.78, 5) is 9.86. The standard InChI is InChI=1S/C24H32N4O2/c1-26-13-15-27(16-14-26)19-24-25-22-10-3-4-11-23(22)28(24)12-5-6-17-30-21-9-7-8-20(18-21)29-2/h3-4,7-11,18H,5-6,12-17,19H2,1-2H3. The summed E-state index contributed by atoms with van der Waals surface area (Å²) in [6.07, 6.45) is 2.05. The van der Waals surface area contributed by atoms with Gasteiger partial charge < -0.3 is 18.9 Å². The van der Waals surface area contributed by atoms with Crippen molar-refractivity contribution < 1.29 is 9.47 Å². The van der Waals surface area contributed by atoms with Crippen LogP contribution in [0.5, 0.6) is 11.5 Å². The lowest BCUT2D eigenvalue weighted by Crippen LogP contribution is -2.44. The topological polar surface area (TPSA) is 42.8 Å². The van der Waals surface area contributed by atoms with Crippen molar-refractivity contribution in [3.63, 3.8) is 0 Å². The van der Waals surface area contributed by atoms with E-state index in [1.165, 1.54) is 11.3 Å². The quantitative estimate of drug-likeness (QED) is 0.506. The molecule has 0 spiro atoms. The molecule has 0 amide bonds. The zero-order valence-corrected chi connectivity index (χ0v) is 18.1. The van der Waals surface area contributed by atoms with Crippen LogP contribution in [0.15, 0.2) is 48.5 Å². The Labute approximate surface area is 179 Å². The molecule has 2 heterocycles. The summed E-state index contributed by atoms with van der Waals surface area (Å²) in [5.74, 6) is 2.86. The van der Waals surface area contributed by atoms with Crippen molar-refractivity contribution >= 4 is 11.0 Å². The summed E-state index contributed by atoms with van der Waals surface area (Å²) in [6, 6.07) is 16.3.